The van der Waals surface area contributed by atoms with E-state index in [0.717, 1.165) is 16.7 Å². The van der Waals surface area contributed by atoms with Gasteiger partial charge >= 0.3 is 0 Å². The van der Waals surface area contributed by atoms with Crippen molar-refractivity contribution in [2.24, 2.45) is 23.2 Å². The van der Waals surface area contributed by atoms with E-state index >= 15 is 0 Å². The van der Waals surface area contributed by atoms with E-state index in [2.05, 4.69) is 5.32 Å². The highest BCUT2D eigenvalue weighted by molar-refractivity contribution is 5.93. The van der Waals surface area contributed by atoms with Crippen molar-refractivity contribution < 1.29 is 14.4 Å². The first-order chi connectivity index (χ1) is 17.6. The Kier molecular flexibility index (Phi) is 9.30. The number of nitrogens with one attached hydrogen (secondary N) is 1. The first-order valence-corrected chi connectivity index (χ1v) is 12.6. The molecule has 37 heavy (non-hydrogen) atoms. The van der Waals surface area contributed by atoms with Crippen LogP contribution in [0.25, 0.3) is 11.1 Å². The smallest absolute Gasteiger partial charge is 0.247 e. The highest BCUT2D eigenvalue weighted by Gasteiger charge is 2.40. The van der Waals surface area contributed by atoms with Crippen LogP contribution in [0, 0.1) is 5.92 Å². The summed E-state index contributed by atoms with van der Waals surface area (Å²) in [5.41, 5.74) is 14.9. The third kappa shape index (κ3) is 7.10. The van der Waals surface area contributed by atoms with Gasteiger partial charge in [0, 0.05) is 24.9 Å². The molecule has 1 aliphatic heterocycles. The molecule has 2 aromatic carbocycles. The van der Waals surface area contributed by atoms with Crippen LogP contribution in [0.4, 0.5) is 0 Å². The maximum atomic E-state index is 13.4. The summed E-state index contributed by atoms with van der Waals surface area (Å²) in [4.78, 5) is 40.5. The molecule has 198 valence electrons. The molecule has 2 unspecified atom stereocenters. The van der Waals surface area contributed by atoms with E-state index in [4.69, 9.17) is 17.3 Å². The van der Waals surface area contributed by atoms with Crippen LogP contribution in [0.2, 0.25) is 0 Å². The number of allylic oxidation sites excluding steroid dienone is 1. The lowest BCUT2D eigenvalue weighted by Crippen LogP contribution is -2.57. The molecule has 7 N–H and O–H groups in total. The molecule has 0 spiro atoms. The minimum absolute atomic E-state index is 0.116. The Morgan fingerprint density at radius 3 is 2.24 bits per heavy atom. The number of likely N-dealkylation sites (tertiary alicyclic amines) is 1. The summed E-state index contributed by atoms with van der Waals surface area (Å²) in [6.45, 7) is 5.90. The van der Waals surface area contributed by atoms with Crippen LogP contribution in [0.1, 0.15) is 39.2 Å². The zero-order valence-corrected chi connectivity index (χ0v) is 21.8. The number of primary amides is 1. The second-order valence-corrected chi connectivity index (χ2v) is 9.93. The van der Waals surface area contributed by atoms with Crippen molar-refractivity contribution in [1.29, 1.82) is 0 Å². The number of nitrogens with zero attached hydrogens (tertiary/aromatic N) is 2. The molecule has 0 saturated carbocycles. The Morgan fingerprint density at radius 1 is 1.05 bits per heavy atom. The second kappa shape index (κ2) is 12.4. The minimum atomic E-state index is -0.901. The van der Waals surface area contributed by atoms with Gasteiger partial charge in [0.15, 0.2) is 0 Å². The van der Waals surface area contributed by atoms with Crippen LogP contribution in [0.5, 0.6) is 0 Å². The van der Waals surface area contributed by atoms with Gasteiger partial charge in [-0.25, -0.2) is 5.84 Å². The van der Waals surface area contributed by atoms with E-state index < -0.39 is 29.9 Å². The molecule has 1 aliphatic rings. The highest BCUT2D eigenvalue weighted by atomic mass is 16.2. The largest absolute Gasteiger partial charge is 0.401 e. The van der Waals surface area contributed by atoms with Gasteiger partial charge in [0.1, 0.15) is 18.1 Å². The summed E-state index contributed by atoms with van der Waals surface area (Å²) in [6, 6.07) is 15.5. The molecule has 3 atom stereocenters. The van der Waals surface area contributed by atoms with Crippen molar-refractivity contribution >= 4 is 17.7 Å². The fourth-order valence-corrected chi connectivity index (χ4v) is 4.74. The van der Waals surface area contributed by atoms with Gasteiger partial charge in [-0.3, -0.25) is 14.4 Å². The third-order valence-electron chi connectivity index (χ3n) is 6.56. The van der Waals surface area contributed by atoms with Crippen LogP contribution in [0.3, 0.4) is 0 Å². The lowest BCUT2D eigenvalue weighted by Gasteiger charge is -2.34. The molecule has 0 aromatic heterocycles. The number of amides is 3. The maximum absolute atomic E-state index is 13.4. The molecule has 9 nitrogen and oxygen atoms in total. The molecular formula is C28H38N6O3. The van der Waals surface area contributed by atoms with Gasteiger partial charge in [-0.2, -0.15) is 0 Å². The zero-order chi connectivity index (χ0) is 27.1. The molecule has 9 heteroatoms. The first-order valence-electron chi connectivity index (χ1n) is 12.6. The summed E-state index contributed by atoms with van der Waals surface area (Å²) in [7, 11) is 0. The summed E-state index contributed by atoms with van der Waals surface area (Å²) in [5.74, 6) is 4.74. The van der Waals surface area contributed by atoms with Gasteiger partial charge in [-0.15, -0.1) is 0 Å². The van der Waals surface area contributed by atoms with Crippen LogP contribution in [-0.4, -0.2) is 52.3 Å². The Balaban J connectivity index is 1.70. The normalized spacial score (nSPS) is 17.4. The molecule has 0 bridgehead atoms. The van der Waals surface area contributed by atoms with Crippen LogP contribution < -0.4 is 22.6 Å². The number of hydrogen-bond acceptors (Lipinski definition) is 6. The lowest BCUT2D eigenvalue weighted by molar-refractivity contribution is -0.143. The van der Waals surface area contributed by atoms with Gasteiger partial charge in [0.05, 0.1) is 0 Å². The predicted molar refractivity (Wildman–Crippen MR) is 144 cm³/mol. The molecule has 3 amide bonds. The third-order valence-corrected chi connectivity index (χ3v) is 6.56. The van der Waals surface area contributed by atoms with Crippen molar-refractivity contribution in [3.8, 4) is 11.1 Å². The molecule has 1 heterocycles. The monoisotopic (exact) mass is 506 g/mol. The molecule has 3 rings (SSSR count). The van der Waals surface area contributed by atoms with E-state index in [1.165, 1.54) is 11.2 Å². The van der Waals surface area contributed by atoms with Crippen LogP contribution >= 0.6 is 0 Å². The average molecular weight is 507 g/mol. The highest BCUT2D eigenvalue weighted by Crippen LogP contribution is 2.23. The maximum Gasteiger partial charge on any atom is 0.247 e. The molecular weight excluding hydrogens is 468 g/mol. The van der Waals surface area contributed by atoms with Crippen molar-refractivity contribution in [1.82, 2.24) is 15.2 Å². The summed E-state index contributed by atoms with van der Waals surface area (Å²) >= 11 is 0. The van der Waals surface area contributed by atoms with Gasteiger partial charge in [-0.1, -0.05) is 68.4 Å². The summed E-state index contributed by atoms with van der Waals surface area (Å²) in [5, 5.41) is 4.09. The quantitative estimate of drug-likeness (QED) is 0.286. The van der Waals surface area contributed by atoms with Crippen molar-refractivity contribution in [3.63, 3.8) is 0 Å². The lowest BCUT2D eigenvalue weighted by atomic mass is 10.00. The molecule has 0 aliphatic carbocycles. The number of nitrogens with two attached hydrogens (primary N) is 3. The van der Waals surface area contributed by atoms with E-state index in [1.807, 2.05) is 68.4 Å². The first kappa shape index (κ1) is 27.7. The van der Waals surface area contributed by atoms with Gasteiger partial charge in [0.2, 0.25) is 17.7 Å². The molecule has 2 aromatic rings. The molecule has 1 saturated heterocycles. The van der Waals surface area contributed by atoms with E-state index in [0.29, 0.717) is 25.1 Å². The topological polar surface area (TPSA) is 148 Å². The fourth-order valence-electron chi connectivity index (χ4n) is 4.74. The van der Waals surface area contributed by atoms with Gasteiger partial charge < -0.3 is 26.7 Å². The van der Waals surface area contributed by atoms with Gasteiger partial charge in [0.25, 0.3) is 0 Å². The SMILES string of the molecule is C/C(N)=C/N(N)C(C(=O)N1CCCC1C(=O)N[C@H](Cc1ccc(-c2ccccc2)cc1)C(N)=O)C(C)C. The number of carbonyl (C=O) groups is 3. The number of carbonyl (C=O) groups excluding carboxylic acids is 3. The Bertz CT molecular complexity index is 1110. The Labute approximate surface area is 218 Å². The van der Waals surface area contributed by atoms with Crippen LogP contribution in [-0.2, 0) is 20.8 Å². The molecule has 0 radical (unpaired) electrons. The van der Waals surface area contributed by atoms with E-state index in [-0.39, 0.29) is 18.2 Å². The van der Waals surface area contributed by atoms with Gasteiger partial charge in [-0.05, 0) is 42.4 Å². The van der Waals surface area contributed by atoms with Crippen molar-refractivity contribution in [3.05, 3.63) is 72.1 Å². The number of rotatable bonds is 10. The predicted octanol–water partition coefficient (Wildman–Crippen LogP) is 1.88. The standard InChI is InChI=1S/C28H38N6O3/c1-18(2)25(34(31)17-19(3)29)28(37)33-15-7-10-24(33)27(36)32-23(26(30)35)16-20-11-13-22(14-12-20)21-8-5-4-6-9-21/h4-6,8-9,11-14,17-18,23-25H,7,10,15-16,29,31H2,1-3H3,(H2,30,35)(H,32,36)/b19-17-/t23-,24?,25?/m1/s1. The van der Waals surface area contributed by atoms with Crippen molar-refractivity contribution in [2.75, 3.05) is 6.54 Å². The van der Waals surface area contributed by atoms with Crippen molar-refractivity contribution in [2.45, 2.75) is 58.2 Å². The van der Waals surface area contributed by atoms with E-state index in [1.54, 1.807) is 11.8 Å². The fraction of sp³-hybridized carbons (Fsp3) is 0.393. The molecule has 1 fully saturated rings. The average Bonchev–Trinajstić information content (AvgIpc) is 3.34. The number of hydrogen-bond donors (Lipinski definition) is 4. The van der Waals surface area contributed by atoms with Crippen LogP contribution in [0.15, 0.2) is 66.5 Å². The van der Waals surface area contributed by atoms with E-state index in [9.17, 15) is 14.4 Å². The second-order valence-electron chi connectivity index (χ2n) is 9.93. The summed E-state index contributed by atoms with van der Waals surface area (Å²) in [6.07, 6.45) is 2.94. The number of benzene rings is 2. The number of hydrazine groups is 1. The summed E-state index contributed by atoms with van der Waals surface area (Å²) < 4.78 is 0. The zero-order valence-electron chi connectivity index (χ0n) is 21.8. The Hall–Kier alpha value is -3.85. The minimum Gasteiger partial charge on any atom is -0.401 e. The Morgan fingerprint density at radius 2 is 1.68 bits per heavy atom.